The number of rotatable bonds is 3. The van der Waals surface area contributed by atoms with Gasteiger partial charge in [-0.15, -0.1) is 0 Å². The molecular weight excluding hydrogens is 373 g/mol. The predicted molar refractivity (Wildman–Crippen MR) is 118 cm³/mol. The van der Waals surface area contributed by atoms with Crippen LogP contribution in [0.4, 0.5) is 10.1 Å². The van der Waals surface area contributed by atoms with Gasteiger partial charge in [0.05, 0.1) is 5.56 Å². The Bertz CT molecular complexity index is 943. The highest BCUT2D eigenvalue weighted by Gasteiger charge is 2.44. The van der Waals surface area contributed by atoms with E-state index in [-0.39, 0.29) is 5.56 Å². The lowest BCUT2D eigenvalue weighted by molar-refractivity contribution is 0.179. The Balaban J connectivity index is 1.15. The van der Waals surface area contributed by atoms with Crippen LogP contribution in [0.2, 0.25) is 0 Å². The van der Waals surface area contributed by atoms with Crippen molar-refractivity contribution in [3.05, 3.63) is 65.0 Å². The fourth-order valence-corrected chi connectivity index (χ4v) is 6.22. The van der Waals surface area contributed by atoms with E-state index in [1.807, 2.05) is 12.1 Å². The Hall–Kier alpha value is -2.38. The zero-order chi connectivity index (χ0) is 20.7. The van der Waals surface area contributed by atoms with Gasteiger partial charge in [0.1, 0.15) is 11.9 Å². The Labute approximate surface area is 179 Å². The molecule has 2 unspecified atom stereocenters. The fourth-order valence-electron chi connectivity index (χ4n) is 6.22. The largest absolute Gasteiger partial charge is 0.369 e. The van der Waals surface area contributed by atoms with E-state index in [1.54, 1.807) is 11.6 Å². The number of fused-ring (bicyclic) bond motifs is 1. The summed E-state index contributed by atoms with van der Waals surface area (Å²) in [5.74, 6) is 2.10. The maximum atomic E-state index is 14.0. The van der Waals surface area contributed by atoms with Crippen LogP contribution in [-0.4, -0.2) is 37.1 Å². The van der Waals surface area contributed by atoms with Crippen LogP contribution in [0.15, 0.2) is 42.5 Å². The van der Waals surface area contributed by atoms with Crippen LogP contribution in [-0.2, 0) is 0 Å². The second-order valence-corrected chi connectivity index (χ2v) is 9.53. The van der Waals surface area contributed by atoms with Crippen molar-refractivity contribution in [1.29, 1.82) is 5.26 Å². The summed E-state index contributed by atoms with van der Waals surface area (Å²) in [6.07, 6.45) is 5.40. The molecular formula is C26H30FN3. The molecule has 1 aliphatic heterocycles. The molecule has 4 heteroatoms. The second kappa shape index (κ2) is 8.04. The van der Waals surface area contributed by atoms with Gasteiger partial charge in [-0.1, -0.05) is 29.8 Å². The van der Waals surface area contributed by atoms with Gasteiger partial charge in [0.2, 0.25) is 0 Å². The third-order valence-electron chi connectivity index (χ3n) is 7.77. The first-order valence-corrected chi connectivity index (χ1v) is 11.4. The molecule has 1 saturated heterocycles. The van der Waals surface area contributed by atoms with Gasteiger partial charge in [0, 0.05) is 37.9 Å². The van der Waals surface area contributed by atoms with Crippen LogP contribution in [0.1, 0.15) is 48.3 Å². The van der Waals surface area contributed by atoms with Crippen molar-refractivity contribution in [2.75, 3.05) is 31.1 Å². The molecule has 0 N–H and O–H groups in total. The molecule has 2 aromatic carbocycles. The molecule has 2 aliphatic carbocycles. The van der Waals surface area contributed by atoms with Gasteiger partial charge in [-0.3, -0.25) is 4.90 Å². The molecule has 0 aromatic heterocycles. The van der Waals surface area contributed by atoms with Crippen LogP contribution in [0, 0.1) is 35.9 Å². The van der Waals surface area contributed by atoms with Gasteiger partial charge in [-0.25, -0.2) is 4.39 Å². The van der Waals surface area contributed by atoms with Crippen molar-refractivity contribution < 1.29 is 4.39 Å². The van der Waals surface area contributed by atoms with Crippen LogP contribution < -0.4 is 4.90 Å². The molecule has 0 spiro atoms. The Morgan fingerprint density at radius 2 is 1.67 bits per heavy atom. The third kappa shape index (κ3) is 3.72. The summed E-state index contributed by atoms with van der Waals surface area (Å²) in [4.78, 5) is 4.93. The highest BCUT2D eigenvalue weighted by Crippen LogP contribution is 2.51. The number of nitriles is 1. The number of halogens is 1. The molecule has 0 amide bonds. The molecule has 2 atom stereocenters. The van der Waals surface area contributed by atoms with E-state index in [2.05, 4.69) is 41.0 Å². The molecule has 1 heterocycles. The fraction of sp³-hybridized carbons (Fsp3) is 0.500. The van der Waals surface area contributed by atoms with Crippen molar-refractivity contribution in [1.82, 2.24) is 4.90 Å². The molecule has 2 saturated carbocycles. The van der Waals surface area contributed by atoms with E-state index in [0.29, 0.717) is 0 Å². The van der Waals surface area contributed by atoms with Crippen LogP contribution in [0.25, 0.3) is 0 Å². The Morgan fingerprint density at radius 3 is 2.30 bits per heavy atom. The van der Waals surface area contributed by atoms with Crippen molar-refractivity contribution in [2.45, 2.75) is 44.6 Å². The van der Waals surface area contributed by atoms with Crippen LogP contribution in [0.3, 0.4) is 0 Å². The van der Waals surface area contributed by atoms with Gasteiger partial charge in [0.15, 0.2) is 0 Å². The average molecular weight is 404 g/mol. The summed E-state index contributed by atoms with van der Waals surface area (Å²) in [5, 5.41) is 8.93. The number of hydrogen-bond donors (Lipinski definition) is 0. The zero-order valence-corrected chi connectivity index (χ0v) is 17.7. The molecule has 0 radical (unpaired) electrons. The monoisotopic (exact) mass is 403 g/mol. The van der Waals surface area contributed by atoms with E-state index in [1.165, 1.54) is 37.3 Å². The van der Waals surface area contributed by atoms with Gasteiger partial charge >= 0.3 is 0 Å². The van der Waals surface area contributed by atoms with Gasteiger partial charge in [-0.05, 0) is 74.1 Å². The van der Waals surface area contributed by atoms with Crippen molar-refractivity contribution >= 4 is 5.69 Å². The Morgan fingerprint density at radius 1 is 0.933 bits per heavy atom. The minimum Gasteiger partial charge on any atom is -0.369 e. The lowest BCUT2D eigenvalue weighted by Gasteiger charge is -2.39. The highest BCUT2D eigenvalue weighted by atomic mass is 19.1. The standard InChI is InChI=1S/C26H30FN3/c1-18-3-2-4-19(11-18)21-12-22-14-25(15-23(22)13-21)30-9-7-29(8-10-30)24-6-5-20(17-28)26(27)16-24/h2-6,11,16,21-23,25H,7-10,12-15H2,1H3. The van der Waals surface area contributed by atoms with Crippen LogP contribution >= 0.6 is 0 Å². The number of piperazine rings is 1. The predicted octanol–water partition coefficient (Wildman–Crippen LogP) is 5.10. The number of aryl methyl sites for hydroxylation is 1. The summed E-state index contributed by atoms with van der Waals surface area (Å²) >= 11 is 0. The highest BCUT2D eigenvalue weighted by molar-refractivity contribution is 5.50. The molecule has 2 aromatic rings. The van der Waals surface area contributed by atoms with Crippen molar-refractivity contribution in [2.24, 2.45) is 11.8 Å². The van der Waals surface area contributed by atoms with E-state index >= 15 is 0 Å². The normalized spacial score (nSPS) is 29.0. The van der Waals surface area contributed by atoms with Crippen molar-refractivity contribution in [3.8, 4) is 6.07 Å². The summed E-state index contributed by atoms with van der Waals surface area (Å²) in [5.41, 5.74) is 3.95. The summed E-state index contributed by atoms with van der Waals surface area (Å²) in [6, 6.07) is 16.7. The summed E-state index contributed by atoms with van der Waals surface area (Å²) in [7, 11) is 0. The summed E-state index contributed by atoms with van der Waals surface area (Å²) < 4.78 is 14.0. The molecule has 156 valence electrons. The number of anilines is 1. The SMILES string of the molecule is Cc1cccc(C2CC3CC(N4CCN(c5ccc(C#N)c(F)c5)CC4)CC3C2)c1. The van der Waals surface area contributed by atoms with E-state index in [4.69, 9.17) is 5.26 Å². The maximum Gasteiger partial charge on any atom is 0.143 e. The minimum absolute atomic E-state index is 0.124. The zero-order valence-electron chi connectivity index (χ0n) is 17.7. The van der Waals surface area contributed by atoms with Crippen molar-refractivity contribution in [3.63, 3.8) is 0 Å². The lowest BCUT2D eigenvalue weighted by Crippen LogP contribution is -2.50. The van der Waals surface area contributed by atoms with E-state index < -0.39 is 5.82 Å². The molecule has 0 bridgehead atoms. The smallest absolute Gasteiger partial charge is 0.143 e. The first-order valence-electron chi connectivity index (χ1n) is 11.4. The average Bonchev–Trinajstić information content (AvgIpc) is 3.33. The quantitative estimate of drug-likeness (QED) is 0.714. The Kier molecular flexibility index (Phi) is 5.25. The molecule has 30 heavy (non-hydrogen) atoms. The maximum absolute atomic E-state index is 14.0. The van der Waals surface area contributed by atoms with Crippen LogP contribution in [0.5, 0.6) is 0 Å². The summed E-state index contributed by atoms with van der Waals surface area (Å²) in [6.45, 7) is 6.16. The number of hydrogen-bond acceptors (Lipinski definition) is 3. The minimum atomic E-state index is -0.413. The molecule has 3 nitrogen and oxygen atoms in total. The second-order valence-electron chi connectivity index (χ2n) is 9.53. The first kappa shape index (κ1) is 19.6. The third-order valence-corrected chi connectivity index (χ3v) is 7.77. The van der Waals surface area contributed by atoms with E-state index in [0.717, 1.165) is 55.7 Å². The topological polar surface area (TPSA) is 30.3 Å². The molecule has 3 fully saturated rings. The lowest BCUT2D eigenvalue weighted by atomic mass is 9.92. The number of nitrogens with zero attached hydrogens (tertiary/aromatic N) is 3. The van der Waals surface area contributed by atoms with Gasteiger partial charge < -0.3 is 4.90 Å². The first-order chi connectivity index (χ1) is 14.6. The van der Waals surface area contributed by atoms with Gasteiger partial charge in [0.25, 0.3) is 0 Å². The van der Waals surface area contributed by atoms with Gasteiger partial charge in [-0.2, -0.15) is 5.26 Å². The molecule has 3 aliphatic rings. The molecule has 5 rings (SSSR count). The van der Waals surface area contributed by atoms with E-state index in [9.17, 15) is 4.39 Å². The number of benzene rings is 2.